The average molecular weight is 322 g/mol. The molecule has 7 heteroatoms. The predicted molar refractivity (Wildman–Crippen MR) is 90.8 cm³/mol. The summed E-state index contributed by atoms with van der Waals surface area (Å²) in [7, 11) is 0. The standard InChI is InChI=1S/C16H14N6S/c1-11(13-8-23-10-19-13)20-16-17-7-6-15(21-16)22-9-18-12-4-2-3-5-14(12)22/h2-11H,1H3,(H,17,20,21). The van der Waals surface area contributed by atoms with Crippen LogP contribution in [0, 0.1) is 0 Å². The van der Waals surface area contributed by atoms with Crippen LogP contribution in [0.1, 0.15) is 18.7 Å². The highest BCUT2D eigenvalue weighted by Crippen LogP contribution is 2.19. The van der Waals surface area contributed by atoms with Gasteiger partial charge in [-0.3, -0.25) is 4.57 Å². The van der Waals surface area contributed by atoms with Gasteiger partial charge in [0, 0.05) is 11.6 Å². The van der Waals surface area contributed by atoms with Crippen molar-refractivity contribution in [1.82, 2.24) is 24.5 Å². The van der Waals surface area contributed by atoms with Crippen molar-refractivity contribution in [3.8, 4) is 5.82 Å². The van der Waals surface area contributed by atoms with E-state index in [9.17, 15) is 0 Å². The van der Waals surface area contributed by atoms with Crippen LogP contribution in [0.15, 0.2) is 53.7 Å². The van der Waals surface area contributed by atoms with Gasteiger partial charge in [0.1, 0.15) is 12.1 Å². The average Bonchev–Trinajstić information content (AvgIpc) is 3.25. The van der Waals surface area contributed by atoms with Crippen LogP contribution >= 0.6 is 11.3 Å². The Morgan fingerprint density at radius 3 is 2.91 bits per heavy atom. The molecule has 114 valence electrons. The van der Waals surface area contributed by atoms with Crippen molar-refractivity contribution in [3.63, 3.8) is 0 Å². The van der Waals surface area contributed by atoms with E-state index in [0.717, 1.165) is 22.5 Å². The van der Waals surface area contributed by atoms with Crippen LogP contribution < -0.4 is 5.32 Å². The molecule has 3 aromatic heterocycles. The third kappa shape index (κ3) is 2.66. The fraction of sp³-hybridized carbons (Fsp3) is 0.125. The molecule has 0 saturated carbocycles. The molecule has 23 heavy (non-hydrogen) atoms. The summed E-state index contributed by atoms with van der Waals surface area (Å²) in [5, 5.41) is 5.30. The molecule has 0 aliphatic rings. The number of imidazole rings is 1. The summed E-state index contributed by atoms with van der Waals surface area (Å²) < 4.78 is 1.95. The number of nitrogens with one attached hydrogen (secondary N) is 1. The van der Waals surface area contributed by atoms with Gasteiger partial charge in [0.15, 0.2) is 0 Å². The maximum atomic E-state index is 4.59. The topological polar surface area (TPSA) is 68.5 Å². The van der Waals surface area contributed by atoms with Crippen molar-refractivity contribution < 1.29 is 0 Å². The molecule has 1 atom stereocenters. The van der Waals surface area contributed by atoms with E-state index in [2.05, 4.69) is 25.3 Å². The van der Waals surface area contributed by atoms with Gasteiger partial charge in [-0.1, -0.05) is 12.1 Å². The number of nitrogens with zero attached hydrogens (tertiary/aromatic N) is 5. The lowest BCUT2D eigenvalue weighted by molar-refractivity contribution is 0.827. The molecule has 4 aromatic rings. The highest BCUT2D eigenvalue weighted by atomic mass is 32.1. The maximum Gasteiger partial charge on any atom is 0.225 e. The maximum absolute atomic E-state index is 4.59. The third-order valence-electron chi connectivity index (χ3n) is 3.58. The van der Waals surface area contributed by atoms with Gasteiger partial charge >= 0.3 is 0 Å². The molecule has 3 heterocycles. The lowest BCUT2D eigenvalue weighted by atomic mass is 10.3. The van der Waals surface area contributed by atoms with Gasteiger partial charge < -0.3 is 5.32 Å². The zero-order valence-corrected chi connectivity index (χ0v) is 13.2. The fourth-order valence-corrected chi connectivity index (χ4v) is 3.05. The van der Waals surface area contributed by atoms with Crippen molar-refractivity contribution in [1.29, 1.82) is 0 Å². The van der Waals surface area contributed by atoms with Crippen molar-refractivity contribution in [2.24, 2.45) is 0 Å². The molecule has 1 aromatic carbocycles. The quantitative estimate of drug-likeness (QED) is 0.623. The van der Waals surface area contributed by atoms with E-state index in [-0.39, 0.29) is 6.04 Å². The second-order valence-corrected chi connectivity index (χ2v) is 5.84. The van der Waals surface area contributed by atoms with Crippen LogP contribution in [-0.4, -0.2) is 24.5 Å². The smallest absolute Gasteiger partial charge is 0.225 e. The minimum Gasteiger partial charge on any atom is -0.346 e. The Morgan fingerprint density at radius 1 is 1.13 bits per heavy atom. The number of benzene rings is 1. The molecule has 0 radical (unpaired) electrons. The second-order valence-electron chi connectivity index (χ2n) is 5.12. The molecular formula is C16H14N6S. The van der Waals surface area contributed by atoms with Crippen molar-refractivity contribution in [2.45, 2.75) is 13.0 Å². The van der Waals surface area contributed by atoms with Crippen LogP contribution in [0.5, 0.6) is 0 Å². The number of aromatic nitrogens is 5. The Hall–Kier alpha value is -2.80. The van der Waals surface area contributed by atoms with E-state index in [4.69, 9.17) is 0 Å². The molecule has 0 bridgehead atoms. The SMILES string of the molecule is CC(Nc1nccc(-n2cnc3ccccc32)n1)c1cscn1. The Labute approximate surface area is 136 Å². The number of anilines is 1. The lowest BCUT2D eigenvalue weighted by Crippen LogP contribution is -2.10. The van der Waals surface area contributed by atoms with Gasteiger partial charge in [-0.25, -0.2) is 15.0 Å². The highest BCUT2D eigenvalue weighted by molar-refractivity contribution is 7.07. The highest BCUT2D eigenvalue weighted by Gasteiger charge is 2.10. The molecule has 4 rings (SSSR count). The zero-order chi connectivity index (χ0) is 15.6. The Balaban J connectivity index is 1.66. The second kappa shape index (κ2) is 5.77. The van der Waals surface area contributed by atoms with Gasteiger partial charge in [-0.15, -0.1) is 11.3 Å². The van der Waals surface area contributed by atoms with E-state index in [0.29, 0.717) is 5.95 Å². The summed E-state index contributed by atoms with van der Waals surface area (Å²) in [6, 6.07) is 9.89. The summed E-state index contributed by atoms with van der Waals surface area (Å²) in [5.74, 6) is 1.35. The Morgan fingerprint density at radius 2 is 2.04 bits per heavy atom. The van der Waals surface area contributed by atoms with Crippen LogP contribution in [0.3, 0.4) is 0 Å². The Bertz CT molecular complexity index is 931. The molecule has 0 spiro atoms. The van der Waals surface area contributed by atoms with Crippen LogP contribution in [0.4, 0.5) is 5.95 Å². The first kappa shape index (κ1) is 13.8. The Kier molecular flexibility index (Phi) is 3.47. The number of hydrogen-bond acceptors (Lipinski definition) is 6. The van der Waals surface area contributed by atoms with Gasteiger partial charge in [0.05, 0.1) is 28.3 Å². The van der Waals surface area contributed by atoms with Gasteiger partial charge in [0.25, 0.3) is 0 Å². The molecular weight excluding hydrogens is 308 g/mol. The first-order valence-corrected chi connectivity index (χ1v) is 8.15. The molecule has 1 unspecified atom stereocenters. The summed E-state index contributed by atoms with van der Waals surface area (Å²) in [5.41, 5.74) is 4.76. The van der Waals surface area contributed by atoms with E-state index in [1.54, 1.807) is 23.9 Å². The fourth-order valence-electron chi connectivity index (χ4n) is 2.40. The predicted octanol–water partition coefficient (Wildman–Crippen LogP) is 3.45. The monoisotopic (exact) mass is 322 g/mol. The summed E-state index contributed by atoms with van der Waals surface area (Å²) in [6.45, 7) is 2.04. The van der Waals surface area contributed by atoms with Gasteiger partial charge in [-0.05, 0) is 25.1 Å². The summed E-state index contributed by atoms with van der Waals surface area (Å²) >= 11 is 1.58. The molecule has 6 nitrogen and oxygen atoms in total. The van der Waals surface area contributed by atoms with Crippen molar-refractivity contribution in [2.75, 3.05) is 5.32 Å². The summed E-state index contributed by atoms with van der Waals surface area (Å²) in [6.07, 6.45) is 3.52. The van der Waals surface area contributed by atoms with Gasteiger partial charge in [-0.2, -0.15) is 4.98 Å². The molecule has 0 amide bonds. The number of para-hydroxylation sites is 2. The largest absolute Gasteiger partial charge is 0.346 e. The minimum atomic E-state index is 0.0519. The molecule has 0 aliphatic heterocycles. The van der Waals surface area contributed by atoms with Crippen LogP contribution in [0.25, 0.3) is 16.9 Å². The number of hydrogen-bond donors (Lipinski definition) is 1. The van der Waals surface area contributed by atoms with E-state index in [1.807, 2.05) is 52.7 Å². The molecule has 0 saturated heterocycles. The van der Waals surface area contributed by atoms with Crippen LogP contribution in [0.2, 0.25) is 0 Å². The van der Waals surface area contributed by atoms with Crippen molar-refractivity contribution >= 4 is 28.3 Å². The van der Waals surface area contributed by atoms with E-state index in [1.165, 1.54) is 0 Å². The first-order valence-electron chi connectivity index (χ1n) is 7.21. The minimum absolute atomic E-state index is 0.0519. The molecule has 0 fully saturated rings. The third-order valence-corrected chi connectivity index (χ3v) is 4.19. The first-order chi connectivity index (χ1) is 11.3. The molecule has 1 N–H and O–H groups in total. The normalized spacial score (nSPS) is 12.4. The van der Waals surface area contributed by atoms with E-state index < -0.39 is 0 Å². The zero-order valence-electron chi connectivity index (χ0n) is 12.4. The summed E-state index contributed by atoms with van der Waals surface area (Å²) in [4.78, 5) is 17.6. The lowest BCUT2D eigenvalue weighted by Gasteiger charge is -2.12. The molecule has 0 aliphatic carbocycles. The number of fused-ring (bicyclic) bond motifs is 1. The number of thiazole rings is 1. The van der Waals surface area contributed by atoms with Gasteiger partial charge in [0.2, 0.25) is 5.95 Å². The van der Waals surface area contributed by atoms with Crippen molar-refractivity contribution in [3.05, 3.63) is 59.4 Å². The van der Waals surface area contributed by atoms with Crippen LogP contribution in [-0.2, 0) is 0 Å². The number of rotatable bonds is 4. The van der Waals surface area contributed by atoms with E-state index >= 15 is 0 Å².